The second-order valence-corrected chi connectivity index (χ2v) is 12.6. The summed E-state index contributed by atoms with van der Waals surface area (Å²) in [5, 5.41) is 15.3. The van der Waals surface area contributed by atoms with Crippen LogP contribution in [-0.2, 0) is 30.3 Å². The number of alkyl carbamates (subject to hydrolysis) is 1. The summed E-state index contributed by atoms with van der Waals surface area (Å²) < 4.78 is 11.0. The lowest BCUT2D eigenvalue weighted by Crippen LogP contribution is -2.55. The molecule has 3 N–H and O–H groups in total. The Bertz CT molecular complexity index is 1220. The van der Waals surface area contributed by atoms with Crippen molar-refractivity contribution in [2.75, 3.05) is 7.05 Å². The van der Waals surface area contributed by atoms with Gasteiger partial charge in [0.2, 0.25) is 11.8 Å². The van der Waals surface area contributed by atoms with Gasteiger partial charge in [0.25, 0.3) is 0 Å². The van der Waals surface area contributed by atoms with Crippen molar-refractivity contribution in [3.05, 3.63) is 65.7 Å². The first-order chi connectivity index (χ1) is 19.4. The van der Waals surface area contributed by atoms with E-state index in [0.717, 1.165) is 5.56 Å². The van der Waals surface area contributed by atoms with Gasteiger partial charge in [-0.3, -0.25) is 9.59 Å². The first-order valence-corrected chi connectivity index (χ1v) is 14.0. The van der Waals surface area contributed by atoms with Gasteiger partial charge in [0.1, 0.15) is 35.1 Å². The van der Waals surface area contributed by atoms with Crippen molar-refractivity contribution in [2.24, 2.45) is 5.92 Å². The number of hydrogen-bond acceptors (Lipinski definition) is 7. The van der Waals surface area contributed by atoms with Crippen LogP contribution in [0.4, 0.5) is 4.79 Å². The van der Waals surface area contributed by atoms with Crippen LogP contribution in [0.1, 0.15) is 72.6 Å². The van der Waals surface area contributed by atoms with E-state index < -0.39 is 53.2 Å². The Morgan fingerprint density at radius 3 is 1.88 bits per heavy atom. The Morgan fingerprint density at radius 2 is 1.38 bits per heavy atom. The van der Waals surface area contributed by atoms with E-state index in [4.69, 9.17) is 9.47 Å². The average molecular weight is 584 g/mol. The molecule has 0 spiro atoms. The minimum atomic E-state index is -1.21. The number of phenolic OH excluding ortho intramolecular Hbond substituents is 1. The molecule has 42 heavy (non-hydrogen) atoms. The fourth-order valence-electron chi connectivity index (χ4n) is 4.17. The smallest absolute Gasteiger partial charge is 0.408 e. The van der Waals surface area contributed by atoms with E-state index in [1.54, 1.807) is 55.4 Å². The summed E-state index contributed by atoms with van der Waals surface area (Å²) in [6.45, 7) is 13.9. The summed E-state index contributed by atoms with van der Waals surface area (Å²) >= 11 is 0. The minimum absolute atomic E-state index is 0.0192. The predicted octanol–water partition coefficient (Wildman–Crippen LogP) is 4.51. The van der Waals surface area contributed by atoms with Gasteiger partial charge < -0.3 is 30.1 Å². The topological polar surface area (TPSA) is 134 Å². The third-order valence-corrected chi connectivity index (χ3v) is 6.09. The van der Waals surface area contributed by atoms with Crippen LogP contribution in [0.3, 0.4) is 0 Å². The molecule has 2 aromatic carbocycles. The summed E-state index contributed by atoms with van der Waals surface area (Å²) in [5.74, 6) is -2.16. The molecule has 0 aliphatic carbocycles. The molecular formula is C32H45N3O7. The van der Waals surface area contributed by atoms with Crippen molar-refractivity contribution >= 4 is 23.9 Å². The van der Waals surface area contributed by atoms with Gasteiger partial charge in [0.05, 0.1) is 0 Å². The van der Waals surface area contributed by atoms with Crippen molar-refractivity contribution in [3.8, 4) is 5.75 Å². The van der Waals surface area contributed by atoms with Crippen LogP contribution < -0.4 is 10.6 Å². The Balaban J connectivity index is 2.45. The van der Waals surface area contributed by atoms with Gasteiger partial charge in [-0.25, -0.2) is 9.59 Å². The summed E-state index contributed by atoms with van der Waals surface area (Å²) in [5.41, 5.74) is -0.369. The molecule has 0 radical (unpaired) electrons. The predicted molar refractivity (Wildman–Crippen MR) is 160 cm³/mol. The van der Waals surface area contributed by atoms with Crippen LogP contribution in [0, 0.1) is 5.92 Å². The highest BCUT2D eigenvalue weighted by Gasteiger charge is 2.37. The number of esters is 1. The molecule has 0 bridgehead atoms. The number of likely N-dealkylation sites (N-methyl/N-ethyl adjacent to an activating group) is 1. The number of amides is 3. The zero-order valence-electron chi connectivity index (χ0n) is 26.1. The standard InChI is InChI=1S/C32H45N3O7/c1-20(2)25(34-30(40)42-32(6,7)8)28(38)35(9)26(22-15-17-23(36)18-16-22)27(37)33-24(29(39)41-31(3,4)5)19-21-13-11-10-12-14-21/h10-18,20,24-26,36H,19H2,1-9H3,(H,33,37)(H,34,40). The van der Waals surface area contributed by atoms with Crippen LogP contribution in [0.25, 0.3) is 0 Å². The maximum absolute atomic E-state index is 14.0. The lowest BCUT2D eigenvalue weighted by atomic mass is 9.98. The van der Waals surface area contributed by atoms with Gasteiger partial charge in [0.15, 0.2) is 0 Å². The molecule has 2 rings (SSSR count). The molecule has 0 heterocycles. The molecule has 10 nitrogen and oxygen atoms in total. The summed E-state index contributed by atoms with van der Waals surface area (Å²) in [6.07, 6.45) is -0.600. The van der Waals surface area contributed by atoms with Gasteiger partial charge in [-0.15, -0.1) is 0 Å². The van der Waals surface area contributed by atoms with Crippen LogP contribution >= 0.6 is 0 Å². The lowest BCUT2D eigenvalue weighted by Gasteiger charge is -2.34. The maximum atomic E-state index is 14.0. The Labute approximate surface area is 248 Å². The number of nitrogens with zero attached hydrogens (tertiary/aromatic N) is 1. The lowest BCUT2D eigenvalue weighted by molar-refractivity contribution is -0.159. The number of ether oxygens (including phenoxy) is 2. The summed E-state index contributed by atoms with van der Waals surface area (Å²) in [6, 6.07) is 11.8. The molecule has 0 saturated carbocycles. The van der Waals surface area contributed by atoms with Gasteiger partial charge >= 0.3 is 12.1 Å². The minimum Gasteiger partial charge on any atom is -0.508 e. The summed E-state index contributed by atoms with van der Waals surface area (Å²) in [7, 11) is 1.45. The molecule has 0 saturated heterocycles. The molecule has 3 amide bonds. The molecule has 2 aromatic rings. The zero-order chi connectivity index (χ0) is 31.8. The van der Waals surface area contributed by atoms with Gasteiger partial charge in [-0.2, -0.15) is 0 Å². The molecule has 0 aromatic heterocycles. The molecule has 0 fully saturated rings. The van der Waals surface area contributed by atoms with E-state index in [-0.39, 0.29) is 18.1 Å². The summed E-state index contributed by atoms with van der Waals surface area (Å²) in [4.78, 5) is 54.8. The fourth-order valence-corrected chi connectivity index (χ4v) is 4.17. The molecule has 0 aliphatic heterocycles. The number of phenols is 1. The molecule has 10 heteroatoms. The van der Waals surface area contributed by atoms with E-state index in [9.17, 15) is 24.3 Å². The van der Waals surface area contributed by atoms with Crippen LogP contribution in [0.5, 0.6) is 5.75 Å². The first kappa shape index (κ1) is 34.1. The van der Waals surface area contributed by atoms with Gasteiger partial charge in [0, 0.05) is 13.5 Å². The van der Waals surface area contributed by atoms with Gasteiger partial charge in [-0.05, 0) is 70.7 Å². The SMILES string of the molecule is CC(C)C(NC(=O)OC(C)(C)C)C(=O)N(C)C(C(=O)NC(Cc1ccccc1)C(=O)OC(C)(C)C)c1ccc(O)cc1. The monoisotopic (exact) mass is 583 g/mol. The second kappa shape index (κ2) is 14.2. The van der Waals surface area contributed by atoms with E-state index >= 15 is 0 Å². The molecular weight excluding hydrogens is 538 g/mol. The fraction of sp³-hybridized carbons (Fsp3) is 0.500. The van der Waals surface area contributed by atoms with E-state index in [1.807, 2.05) is 30.3 Å². The maximum Gasteiger partial charge on any atom is 0.408 e. The second-order valence-electron chi connectivity index (χ2n) is 12.6. The third kappa shape index (κ3) is 10.7. The van der Waals surface area contributed by atoms with Crippen molar-refractivity contribution in [3.63, 3.8) is 0 Å². The highest BCUT2D eigenvalue weighted by Crippen LogP contribution is 2.25. The molecule has 230 valence electrons. The van der Waals surface area contributed by atoms with E-state index in [2.05, 4.69) is 10.6 Å². The highest BCUT2D eigenvalue weighted by molar-refractivity contribution is 5.94. The van der Waals surface area contributed by atoms with Crippen molar-refractivity contribution in [1.82, 2.24) is 15.5 Å². The van der Waals surface area contributed by atoms with Crippen LogP contribution in [-0.4, -0.2) is 64.2 Å². The normalized spacial score (nSPS) is 13.9. The average Bonchev–Trinajstić information content (AvgIpc) is 2.86. The first-order valence-electron chi connectivity index (χ1n) is 14.0. The van der Waals surface area contributed by atoms with E-state index in [1.165, 1.54) is 36.2 Å². The zero-order valence-corrected chi connectivity index (χ0v) is 26.1. The Morgan fingerprint density at radius 1 is 0.833 bits per heavy atom. The van der Waals surface area contributed by atoms with Crippen LogP contribution in [0.2, 0.25) is 0 Å². The number of hydrogen-bond donors (Lipinski definition) is 3. The van der Waals surface area contributed by atoms with Crippen molar-refractivity contribution in [1.29, 1.82) is 0 Å². The number of carbonyl (C=O) groups is 4. The molecule has 3 atom stereocenters. The van der Waals surface area contributed by atoms with Crippen LogP contribution in [0.15, 0.2) is 54.6 Å². The Kier molecular flexibility index (Phi) is 11.5. The largest absolute Gasteiger partial charge is 0.508 e. The van der Waals surface area contributed by atoms with Crippen molar-refractivity contribution in [2.45, 2.75) is 91.1 Å². The molecule has 0 aliphatic rings. The number of aromatic hydroxyl groups is 1. The number of nitrogens with one attached hydrogen (secondary N) is 2. The van der Waals surface area contributed by atoms with Gasteiger partial charge in [-0.1, -0.05) is 56.3 Å². The quantitative estimate of drug-likeness (QED) is 0.350. The van der Waals surface area contributed by atoms with E-state index in [0.29, 0.717) is 5.56 Å². The Hall–Kier alpha value is -4.08. The highest BCUT2D eigenvalue weighted by atomic mass is 16.6. The van der Waals surface area contributed by atoms with Crippen molar-refractivity contribution < 1.29 is 33.8 Å². The number of carbonyl (C=O) groups excluding carboxylic acids is 4. The number of benzene rings is 2. The number of rotatable bonds is 10. The third-order valence-electron chi connectivity index (χ3n) is 6.09. The molecule has 3 unspecified atom stereocenters.